The van der Waals surface area contributed by atoms with E-state index in [1.54, 1.807) is 30.3 Å². The zero-order chi connectivity index (χ0) is 19.7. The van der Waals surface area contributed by atoms with Gasteiger partial charge in [0, 0.05) is 10.9 Å². The number of hydrogen-bond acceptors (Lipinski definition) is 4. The van der Waals surface area contributed by atoms with Crippen LogP contribution in [0.15, 0.2) is 60.8 Å². The van der Waals surface area contributed by atoms with E-state index in [9.17, 15) is 19.1 Å². The molecule has 0 bridgehead atoms. The van der Waals surface area contributed by atoms with Gasteiger partial charge in [-0.05, 0) is 30.3 Å². The molecule has 8 nitrogen and oxygen atoms in total. The Labute approximate surface area is 157 Å². The molecule has 2 aromatic heterocycles. The minimum Gasteiger partial charge on any atom is -0.504 e. The maximum Gasteiger partial charge on any atom is 0.294 e. The number of benzene rings is 2. The summed E-state index contributed by atoms with van der Waals surface area (Å²) in [6, 6.07) is 14.7. The molecule has 0 fully saturated rings. The number of hydrazine groups is 1. The third-order valence-electron chi connectivity index (χ3n) is 4.08. The first-order valence-electron chi connectivity index (χ1n) is 8.25. The molecule has 0 aliphatic rings. The zero-order valence-electron chi connectivity index (χ0n) is 14.3. The Morgan fingerprint density at radius 3 is 2.54 bits per heavy atom. The van der Waals surface area contributed by atoms with Gasteiger partial charge in [0.25, 0.3) is 11.8 Å². The molecule has 0 radical (unpaired) electrons. The molecule has 0 aliphatic heterocycles. The quantitative estimate of drug-likeness (QED) is 0.409. The number of H-pyrrole nitrogens is 1. The summed E-state index contributed by atoms with van der Waals surface area (Å²) in [5.41, 5.74) is 5.29. The van der Waals surface area contributed by atoms with Crippen molar-refractivity contribution in [3.05, 3.63) is 78.0 Å². The first-order valence-corrected chi connectivity index (χ1v) is 8.25. The second-order valence-corrected chi connectivity index (χ2v) is 5.94. The van der Waals surface area contributed by atoms with E-state index in [2.05, 4.69) is 20.9 Å². The van der Waals surface area contributed by atoms with Gasteiger partial charge in [0.2, 0.25) is 0 Å². The van der Waals surface area contributed by atoms with Crippen molar-refractivity contribution >= 4 is 22.7 Å². The molecule has 4 rings (SSSR count). The molecule has 9 heteroatoms. The van der Waals surface area contributed by atoms with E-state index in [4.69, 9.17) is 0 Å². The number of fused-ring (bicyclic) bond motifs is 1. The van der Waals surface area contributed by atoms with E-state index in [1.165, 1.54) is 29.1 Å². The van der Waals surface area contributed by atoms with Crippen LogP contribution in [0.1, 0.15) is 21.0 Å². The van der Waals surface area contributed by atoms with Crippen LogP contribution in [0.5, 0.6) is 5.75 Å². The molecule has 0 aliphatic carbocycles. The summed E-state index contributed by atoms with van der Waals surface area (Å²) in [5.74, 6) is -2.29. The molecule has 0 saturated heterocycles. The second kappa shape index (κ2) is 6.88. The number of rotatable bonds is 3. The molecular formula is C19H14FN5O3. The number of carbonyl (C=O) groups excluding carboxylic acids is 2. The van der Waals surface area contributed by atoms with Crippen LogP contribution in [0.4, 0.5) is 4.39 Å². The predicted octanol–water partition coefficient (Wildman–Crippen LogP) is 2.27. The van der Waals surface area contributed by atoms with Crippen molar-refractivity contribution in [2.24, 2.45) is 0 Å². The summed E-state index contributed by atoms with van der Waals surface area (Å²) in [6.45, 7) is 0. The third-order valence-corrected chi connectivity index (χ3v) is 4.08. The summed E-state index contributed by atoms with van der Waals surface area (Å²) in [6.07, 6.45) is 1.28. The highest BCUT2D eigenvalue weighted by atomic mass is 19.1. The van der Waals surface area contributed by atoms with Gasteiger partial charge in [0.1, 0.15) is 11.5 Å². The van der Waals surface area contributed by atoms with Gasteiger partial charge in [-0.2, -0.15) is 5.10 Å². The smallest absolute Gasteiger partial charge is 0.294 e. The predicted molar refractivity (Wildman–Crippen MR) is 98.4 cm³/mol. The molecule has 28 heavy (non-hydrogen) atoms. The number of aromatic nitrogens is 3. The summed E-state index contributed by atoms with van der Waals surface area (Å²) in [4.78, 5) is 27.2. The Kier molecular flexibility index (Phi) is 4.24. The summed E-state index contributed by atoms with van der Waals surface area (Å²) in [7, 11) is 0. The molecule has 0 atom stereocenters. The molecule has 4 aromatic rings. The monoisotopic (exact) mass is 379 g/mol. The minimum atomic E-state index is -0.803. The third kappa shape index (κ3) is 3.16. The maximum atomic E-state index is 13.7. The van der Waals surface area contributed by atoms with Crippen molar-refractivity contribution in [2.45, 2.75) is 0 Å². The lowest BCUT2D eigenvalue weighted by atomic mass is 10.2. The van der Waals surface area contributed by atoms with Gasteiger partial charge >= 0.3 is 0 Å². The first kappa shape index (κ1) is 17.3. The lowest BCUT2D eigenvalue weighted by molar-refractivity contribution is 0.0840. The number of carbonyl (C=O) groups is 2. The van der Waals surface area contributed by atoms with E-state index in [0.717, 1.165) is 0 Å². The molecule has 0 saturated carbocycles. The van der Waals surface area contributed by atoms with E-state index in [1.807, 2.05) is 6.07 Å². The van der Waals surface area contributed by atoms with Crippen molar-refractivity contribution < 1.29 is 19.1 Å². The van der Waals surface area contributed by atoms with Crippen LogP contribution in [-0.4, -0.2) is 31.7 Å². The van der Waals surface area contributed by atoms with Gasteiger partial charge in [0.15, 0.2) is 11.4 Å². The van der Waals surface area contributed by atoms with Gasteiger partial charge in [-0.1, -0.05) is 24.3 Å². The average Bonchev–Trinajstić information content (AvgIpc) is 3.31. The molecule has 140 valence electrons. The fraction of sp³-hybridized carbons (Fsp3) is 0. The highest BCUT2D eigenvalue weighted by Crippen LogP contribution is 2.19. The number of amides is 2. The van der Waals surface area contributed by atoms with Crippen molar-refractivity contribution in [3.63, 3.8) is 0 Å². The van der Waals surface area contributed by atoms with Crippen molar-refractivity contribution in [2.75, 3.05) is 0 Å². The van der Waals surface area contributed by atoms with Gasteiger partial charge < -0.3 is 10.1 Å². The van der Waals surface area contributed by atoms with Crippen LogP contribution in [-0.2, 0) is 0 Å². The van der Waals surface area contributed by atoms with Gasteiger partial charge in [0.05, 0.1) is 11.9 Å². The van der Waals surface area contributed by atoms with Crippen LogP contribution in [0, 0.1) is 5.82 Å². The van der Waals surface area contributed by atoms with Crippen molar-refractivity contribution in [3.8, 4) is 11.4 Å². The SMILES string of the molecule is O=C(NNC(=O)c1nn(-c2ccccc2)cc1O)c1cc2c(F)cccc2[nH]1. The van der Waals surface area contributed by atoms with Crippen LogP contribution in [0.3, 0.4) is 0 Å². The average molecular weight is 379 g/mol. The number of aromatic amines is 1. The fourth-order valence-corrected chi connectivity index (χ4v) is 2.72. The summed E-state index contributed by atoms with van der Waals surface area (Å²) >= 11 is 0. The Bertz CT molecular complexity index is 1180. The molecule has 0 spiro atoms. The second-order valence-electron chi connectivity index (χ2n) is 5.94. The standard InChI is InChI=1S/C19H14FN5O3/c20-13-7-4-8-14-12(13)9-15(21-14)18(27)22-23-19(28)17-16(26)10-25(24-17)11-5-2-1-3-6-11/h1-10,21,26H,(H,22,27)(H,23,28). The van der Waals surface area contributed by atoms with Crippen LogP contribution in [0.25, 0.3) is 16.6 Å². The summed E-state index contributed by atoms with van der Waals surface area (Å²) in [5, 5.41) is 14.3. The van der Waals surface area contributed by atoms with Crippen LogP contribution >= 0.6 is 0 Å². The Morgan fingerprint density at radius 2 is 1.79 bits per heavy atom. The highest BCUT2D eigenvalue weighted by molar-refractivity contribution is 6.01. The highest BCUT2D eigenvalue weighted by Gasteiger charge is 2.19. The molecule has 2 aromatic carbocycles. The fourth-order valence-electron chi connectivity index (χ4n) is 2.72. The van der Waals surface area contributed by atoms with E-state index in [0.29, 0.717) is 11.2 Å². The van der Waals surface area contributed by atoms with Gasteiger partial charge in [-0.25, -0.2) is 9.07 Å². The number of nitrogens with zero attached hydrogens (tertiary/aromatic N) is 2. The number of hydrogen-bond donors (Lipinski definition) is 4. The molecular weight excluding hydrogens is 365 g/mol. The summed E-state index contributed by atoms with van der Waals surface area (Å²) < 4.78 is 15.1. The number of aromatic hydroxyl groups is 1. The van der Waals surface area contributed by atoms with Crippen LogP contribution in [0.2, 0.25) is 0 Å². The normalized spacial score (nSPS) is 10.8. The minimum absolute atomic E-state index is 0.0689. The molecule has 2 heterocycles. The van der Waals surface area contributed by atoms with Crippen LogP contribution < -0.4 is 10.9 Å². The van der Waals surface area contributed by atoms with Gasteiger partial charge in [-0.15, -0.1) is 0 Å². The number of para-hydroxylation sites is 1. The molecule has 4 N–H and O–H groups in total. The largest absolute Gasteiger partial charge is 0.504 e. The van der Waals surface area contributed by atoms with Gasteiger partial charge in [-0.3, -0.25) is 20.4 Å². The zero-order valence-corrected chi connectivity index (χ0v) is 14.3. The van der Waals surface area contributed by atoms with E-state index in [-0.39, 0.29) is 22.5 Å². The number of halogens is 1. The first-order chi connectivity index (χ1) is 13.5. The Balaban J connectivity index is 1.47. The molecule has 0 unspecified atom stereocenters. The van der Waals surface area contributed by atoms with E-state index < -0.39 is 17.6 Å². The van der Waals surface area contributed by atoms with Crippen molar-refractivity contribution in [1.29, 1.82) is 0 Å². The maximum absolute atomic E-state index is 13.7. The topological polar surface area (TPSA) is 112 Å². The lowest BCUT2D eigenvalue weighted by Crippen LogP contribution is -2.42. The Hall–Kier alpha value is -4.14. The van der Waals surface area contributed by atoms with E-state index >= 15 is 0 Å². The Morgan fingerprint density at radius 1 is 1.04 bits per heavy atom. The van der Waals surface area contributed by atoms with Crippen molar-refractivity contribution in [1.82, 2.24) is 25.6 Å². The lowest BCUT2D eigenvalue weighted by Gasteiger charge is -2.04. The number of nitrogens with one attached hydrogen (secondary N) is 3. The molecule has 2 amide bonds.